The topological polar surface area (TPSA) is 695 Å². The van der Waals surface area contributed by atoms with Crippen molar-refractivity contribution in [2.24, 2.45) is 5.73 Å². The van der Waals surface area contributed by atoms with Crippen molar-refractivity contribution >= 4 is 23.6 Å². The molecule has 8 fully saturated rings. The Morgan fingerprint density at radius 1 is 0.302 bits per heavy atom. The molecule has 45 heteroatoms. The minimum Gasteiger partial charge on any atom is -0.394 e. The number of carbonyl (C=O) groups excluding carboxylic acids is 4. The SMILES string of the molecule is CC(=O)N[C@H]1[C@H](O[C@H]2[C@H](O[C@@H]3O[C@@H](C)[C@@H](O)[C@@H](O)[C@@H]3O)[C@@H](NC(C)=O)[C@H](OCCCCCN)O[C@@H]2CO)O[C@H](CO)[C@@H](O[C@@H]2O[C@H](CO[C@H]3O[C@H](CO)[C@@H](O)[C@H](O)[C@@H]3O[C@@H]3O[C@H](CO)[C@@H](O)[C@H](O)[C@H]3NC(C)=O)[C@@H](O)[C@H](O[C@H]3O[C@H](CO)[C@@H](O)[C@H](O)[C@@H]3O[C@@H]3O[C@H](CO)[C@@H](O)[C@H](O)[C@H]3NC(C)=O)[C@@H]2O)[C@@H]1O. The van der Waals surface area contributed by atoms with Crippen molar-refractivity contribution in [3.63, 3.8) is 0 Å². The molecule has 614 valence electrons. The average molecular weight is 1550 g/mol. The van der Waals surface area contributed by atoms with E-state index in [-0.39, 0.29) is 6.61 Å². The van der Waals surface area contributed by atoms with E-state index < -0.39 is 315 Å². The zero-order chi connectivity index (χ0) is 78.0. The molecule has 0 bridgehead atoms. The van der Waals surface area contributed by atoms with Crippen LogP contribution in [0.4, 0.5) is 0 Å². The van der Waals surface area contributed by atoms with Crippen molar-refractivity contribution in [2.45, 2.75) is 299 Å². The molecule has 8 aliphatic heterocycles. The summed E-state index contributed by atoms with van der Waals surface area (Å²) in [6.45, 7) is -1.62. The van der Waals surface area contributed by atoms with Gasteiger partial charge in [0.25, 0.3) is 0 Å². The van der Waals surface area contributed by atoms with Crippen LogP contribution in [0.25, 0.3) is 0 Å². The first-order chi connectivity index (χ1) is 50.3. The Morgan fingerprint density at radius 3 is 1.15 bits per heavy atom. The molecule has 8 saturated heterocycles. The first-order valence-corrected chi connectivity index (χ1v) is 34.6. The maximum Gasteiger partial charge on any atom is 0.217 e. The van der Waals surface area contributed by atoms with Gasteiger partial charge in [-0.2, -0.15) is 0 Å². The van der Waals surface area contributed by atoms with Gasteiger partial charge in [0.2, 0.25) is 23.6 Å². The second-order valence-electron chi connectivity index (χ2n) is 27.0. The number of hydrogen-bond donors (Lipinski definition) is 25. The summed E-state index contributed by atoms with van der Waals surface area (Å²) in [7, 11) is 0. The summed E-state index contributed by atoms with van der Waals surface area (Å²) in [5, 5.41) is 233. The van der Waals surface area contributed by atoms with Crippen LogP contribution < -0.4 is 27.0 Å². The maximum atomic E-state index is 13.3. The standard InChI is InChI=1S/C61H105N5O40/c1-18-34(77)43(86)46(89)58(93-18)103-50-33(66-22(5)76)54(91-10-8-6-7-9-62)98-28(16-72)49(50)102-57-32(65-21(4)75)42(85)48(27(15-71)99-57)101-59-47(90)51(104-61-53(45(88)38(81)26(14-70)97-61)106-56-31(64-20(3)74)41(84)36(79)24(12-68)95-56)39(82)29(100-59)17-92-60-52(44(87)37(80)25(13-69)96-60)105-55-30(63-19(2)73)40(83)35(78)23(11-67)94-55/h18,23-61,67-72,77-90H,6-17,62H2,1-5H3,(H,63,73)(H,64,74)(H,65,75)(H,66,76)/t18-,23+,24+,25+,26+,27+,28+,29+,30+,31+,32+,33+,34+,35+,36+,37+,38+,39+,40+,41+,42+,43+,44-,45-,46-,47-,48+,49+,50+,51-,52-,53-,54+,55-,56-,57-,58-,59-,60-,61+/m0/s1. The van der Waals surface area contributed by atoms with Gasteiger partial charge in [0.1, 0.15) is 189 Å². The number of nitrogens with two attached hydrogens (primary N) is 1. The third-order valence-electron chi connectivity index (χ3n) is 19.3. The summed E-state index contributed by atoms with van der Waals surface area (Å²) in [5.41, 5.74) is 5.68. The number of nitrogens with one attached hydrogen (secondary N) is 4. The highest BCUT2D eigenvalue weighted by atomic mass is 16.8. The van der Waals surface area contributed by atoms with E-state index in [9.17, 15) is 121 Å². The van der Waals surface area contributed by atoms with E-state index in [2.05, 4.69) is 21.3 Å². The van der Waals surface area contributed by atoms with Crippen LogP contribution in [0.5, 0.6) is 0 Å². The Bertz CT molecular complexity index is 2740. The third-order valence-corrected chi connectivity index (χ3v) is 19.3. The van der Waals surface area contributed by atoms with E-state index >= 15 is 0 Å². The van der Waals surface area contributed by atoms with Crippen LogP contribution >= 0.6 is 0 Å². The largest absolute Gasteiger partial charge is 0.394 e. The lowest BCUT2D eigenvalue weighted by atomic mass is 9.93. The van der Waals surface area contributed by atoms with Crippen LogP contribution in [0.3, 0.4) is 0 Å². The Balaban J connectivity index is 1.16. The Kier molecular flexibility index (Phi) is 33.0. The average Bonchev–Trinajstić information content (AvgIpc) is 0.770. The maximum absolute atomic E-state index is 13.3. The van der Waals surface area contributed by atoms with Gasteiger partial charge < -0.3 is 205 Å². The molecule has 0 unspecified atom stereocenters. The fourth-order valence-corrected chi connectivity index (χ4v) is 13.6. The molecule has 0 aromatic rings. The zero-order valence-electron chi connectivity index (χ0n) is 58.3. The highest BCUT2D eigenvalue weighted by molar-refractivity contribution is 5.74. The van der Waals surface area contributed by atoms with E-state index in [0.717, 1.165) is 27.7 Å². The summed E-state index contributed by atoms with van der Waals surface area (Å²) in [5.74, 6) is -3.32. The first kappa shape index (κ1) is 88.0. The van der Waals surface area contributed by atoms with Gasteiger partial charge in [-0.25, -0.2) is 0 Å². The number of unbranched alkanes of at least 4 members (excludes halogenated alkanes) is 2. The van der Waals surface area contributed by atoms with E-state index in [0.29, 0.717) is 25.8 Å². The number of ether oxygens (including phenoxy) is 16. The van der Waals surface area contributed by atoms with Gasteiger partial charge in [0.05, 0.1) is 52.4 Å². The van der Waals surface area contributed by atoms with Crippen molar-refractivity contribution in [1.82, 2.24) is 21.3 Å². The molecule has 0 aliphatic carbocycles. The zero-order valence-corrected chi connectivity index (χ0v) is 58.3. The quantitative estimate of drug-likeness (QED) is 0.0287. The summed E-state index contributed by atoms with van der Waals surface area (Å²) in [6.07, 6.45) is -69.5. The summed E-state index contributed by atoms with van der Waals surface area (Å²) in [4.78, 5) is 51.3. The lowest BCUT2D eigenvalue weighted by molar-refractivity contribution is -0.397. The van der Waals surface area contributed by atoms with Crippen molar-refractivity contribution in [2.75, 3.05) is 59.4 Å². The molecule has 0 aromatic heterocycles. The Labute approximate surface area is 604 Å². The van der Waals surface area contributed by atoms with E-state index in [1.807, 2.05) is 0 Å². The molecule has 4 amide bonds. The molecule has 8 rings (SSSR count). The lowest BCUT2D eigenvalue weighted by Crippen LogP contribution is -2.71. The molecule has 0 saturated carbocycles. The van der Waals surface area contributed by atoms with E-state index in [4.69, 9.17) is 81.5 Å². The normalized spacial score (nSPS) is 46.6. The second kappa shape index (κ2) is 39.7. The van der Waals surface area contributed by atoms with E-state index in [1.165, 1.54) is 6.92 Å². The van der Waals surface area contributed by atoms with Crippen molar-refractivity contribution in [3.05, 3.63) is 0 Å². The molecule has 8 heterocycles. The molecule has 0 spiro atoms. The molecule has 0 aromatic carbocycles. The van der Waals surface area contributed by atoms with Crippen LogP contribution in [-0.2, 0) is 95.0 Å². The Morgan fingerprint density at radius 2 is 0.670 bits per heavy atom. The van der Waals surface area contributed by atoms with Crippen LogP contribution in [0.15, 0.2) is 0 Å². The van der Waals surface area contributed by atoms with Crippen molar-refractivity contribution in [3.8, 4) is 0 Å². The lowest BCUT2D eigenvalue weighted by Gasteiger charge is -2.52. The fraction of sp³-hybridized carbons (Fsp3) is 0.934. The summed E-state index contributed by atoms with van der Waals surface area (Å²) < 4.78 is 97.2. The van der Waals surface area contributed by atoms with Crippen molar-refractivity contribution < 1.29 is 197 Å². The number of rotatable bonds is 31. The smallest absolute Gasteiger partial charge is 0.217 e. The predicted molar refractivity (Wildman–Crippen MR) is 336 cm³/mol. The first-order valence-electron chi connectivity index (χ1n) is 34.6. The number of aliphatic hydroxyl groups is 20. The highest BCUT2D eigenvalue weighted by Crippen LogP contribution is 2.40. The number of amides is 4. The molecule has 0 radical (unpaired) electrons. The van der Waals surface area contributed by atoms with Crippen molar-refractivity contribution in [1.29, 1.82) is 0 Å². The number of aliphatic hydroxyl groups excluding tert-OH is 20. The predicted octanol–water partition coefficient (Wildman–Crippen LogP) is -15.7. The minimum atomic E-state index is -2.50. The minimum absolute atomic E-state index is 0.0265. The van der Waals surface area contributed by atoms with Gasteiger partial charge in [0, 0.05) is 34.3 Å². The van der Waals surface area contributed by atoms with Crippen LogP contribution in [-0.4, -0.2) is 431 Å². The van der Waals surface area contributed by atoms with Gasteiger partial charge in [-0.05, 0) is 32.7 Å². The molecule has 8 aliphatic rings. The molecular formula is C61H105N5O40. The van der Waals surface area contributed by atoms with Gasteiger partial charge in [-0.3, -0.25) is 19.2 Å². The highest BCUT2D eigenvalue weighted by Gasteiger charge is 2.60. The monoisotopic (exact) mass is 1550 g/mol. The number of hydrogen-bond acceptors (Lipinski definition) is 41. The summed E-state index contributed by atoms with van der Waals surface area (Å²) >= 11 is 0. The molecule has 45 nitrogen and oxygen atoms in total. The second-order valence-corrected chi connectivity index (χ2v) is 27.0. The summed E-state index contributed by atoms with van der Waals surface area (Å²) in [6, 6.07) is -6.89. The van der Waals surface area contributed by atoms with Gasteiger partial charge in [-0.15, -0.1) is 0 Å². The van der Waals surface area contributed by atoms with Gasteiger partial charge in [0.15, 0.2) is 50.3 Å². The Hall–Kier alpha value is -3.60. The molecule has 40 atom stereocenters. The van der Waals surface area contributed by atoms with Crippen LogP contribution in [0.1, 0.15) is 53.9 Å². The van der Waals surface area contributed by atoms with Crippen LogP contribution in [0.2, 0.25) is 0 Å². The van der Waals surface area contributed by atoms with Gasteiger partial charge >= 0.3 is 0 Å². The third kappa shape index (κ3) is 20.4. The fourth-order valence-electron chi connectivity index (χ4n) is 13.6. The molecule has 106 heavy (non-hydrogen) atoms. The molecular weight excluding hydrogens is 1440 g/mol. The van der Waals surface area contributed by atoms with Crippen LogP contribution in [0, 0.1) is 0 Å². The van der Waals surface area contributed by atoms with Gasteiger partial charge in [-0.1, -0.05) is 0 Å². The number of carbonyl (C=O) groups is 4. The van der Waals surface area contributed by atoms with E-state index in [1.54, 1.807) is 0 Å². The molecule has 26 N–H and O–H groups in total.